The summed E-state index contributed by atoms with van der Waals surface area (Å²) < 4.78 is 16.9. The van der Waals surface area contributed by atoms with Crippen LogP contribution in [-0.2, 0) is 17.8 Å². The molecule has 1 saturated heterocycles. The summed E-state index contributed by atoms with van der Waals surface area (Å²) in [6.45, 7) is 10.0. The fraction of sp³-hybridized carbons (Fsp3) is 0.375. The maximum atomic E-state index is 5.97. The highest BCUT2D eigenvalue weighted by Crippen LogP contribution is 2.27. The Balaban J connectivity index is 1.42. The smallest absolute Gasteiger partial charge is 0.213 e. The Bertz CT molecular complexity index is 1010. The number of aryl methyl sites for hydroxylation is 2. The van der Waals surface area contributed by atoms with Crippen molar-refractivity contribution in [1.29, 1.82) is 0 Å². The lowest BCUT2D eigenvalue weighted by Crippen LogP contribution is -2.33. The van der Waals surface area contributed by atoms with Crippen molar-refractivity contribution >= 4 is 5.70 Å². The van der Waals surface area contributed by atoms with E-state index in [0.717, 1.165) is 72.0 Å². The van der Waals surface area contributed by atoms with Crippen LogP contribution in [0.1, 0.15) is 42.3 Å². The van der Waals surface area contributed by atoms with Crippen molar-refractivity contribution in [3.63, 3.8) is 0 Å². The van der Waals surface area contributed by atoms with Crippen LogP contribution in [0.25, 0.3) is 17.0 Å². The van der Waals surface area contributed by atoms with Crippen LogP contribution in [-0.4, -0.2) is 34.4 Å². The predicted octanol–water partition coefficient (Wildman–Crippen LogP) is 4.32. The first kappa shape index (κ1) is 21.1. The van der Waals surface area contributed by atoms with Crippen LogP contribution in [0, 0.1) is 6.92 Å². The molecule has 1 aliphatic heterocycles. The number of hydrogen-bond donors (Lipinski definition) is 1. The lowest BCUT2D eigenvalue weighted by atomic mass is 10.1. The summed E-state index contributed by atoms with van der Waals surface area (Å²) in [6.07, 6.45) is 6.30. The van der Waals surface area contributed by atoms with E-state index in [1.807, 2.05) is 38.1 Å². The average Bonchev–Trinajstić information content (AvgIpc) is 3.22. The van der Waals surface area contributed by atoms with Crippen LogP contribution in [0.4, 0.5) is 0 Å². The van der Waals surface area contributed by atoms with Crippen molar-refractivity contribution in [3.8, 4) is 17.1 Å². The lowest BCUT2D eigenvalue weighted by molar-refractivity contribution is 0.0819. The molecule has 7 nitrogen and oxygen atoms in total. The van der Waals surface area contributed by atoms with Gasteiger partial charge in [0.05, 0.1) is 5.56 Å². The van der Waals surface area contributed by atoms with E-state index in [4.69, 9.17) is 14.0 Å². The van der Waals surface area contributed by atoms with Gasteiger partial charge in [-0.1, -0.05) is 18.7 Å². The number of ether oxygens (including phenoxy) is 2. The number of pyridine rings is 2. The van der Waals surface area contributed by atoms with Gasteiger partial charge in [0.1, 0.15) is 18.1 Å². The van der Waals surface area contributed by atoms with Crippen LogP contribution in [0.5, 0.6) is 5.88 Å². The Morgan fingerprint density at radius 3 is 2.68 bits per heavy atom. The third-order valence-corrected chi connectivity index (χ3v) is 5.42. The molecular formula is C24H28N4O3. The van der Waals surface area contributed by atoms with Gasteiger partial charge in [-0.3, -0.25) is 4.98 Å². The largest absolute Gasteiger partial charge is 0.473 e. The van der Waals surface area contributed by atoms with E-state index in [1.165, 1.54) is 0 Å². The molecular weight excluding hydrogens is 392 g/mol. The maximum absolute atomic E-state index is 5.97. The minimum absolute atomic E-state index is 0.323. The van der Waals surface area contributed by atoms with Gasteiger partial charge in [0.2, 0.25) is 5.88 Å². The molecule has 0 aliphatic carbocycles. The van der Waals surface area contributed by atoms with Gasteiger partial charge in [-0.15, -0.1) is 0 Å². The molecule has 1 N–H and O–H groups in total. The minimum atomic E-state index is 0.323. The Labute approximate surface area is 182 Å². The van der Waals surface area contributed by atoms with Crippen molar-refractivity contribution in [2.24, 2.45) is 0 Å². The number of hydrogen-bond acceptors (Lipinski definition) is 7. The first-order valence-electron chi connectivity index (χ1n) is 10.7. The van der Waals surface area contributed by atoms with Crippen LogP contribution >= 0.6 is 0 Å². The molecule has 3 aromatic heterocycles. The first-order chi connectivity index (χ1) is 15.1. The molecule has 0 spiro atoms. The Kier molecular flexibility index (Phi) is 6.62. The molecule has 4 heterocycles. The zero-order valence-electron chi connectivity index (χ0n) is 18.1. The van der Waals surface area contributed by atoms with E-state index in [0.29, 0.717) is 18.5 Å². The Hall–Kier alpha value is -3.19. The summed E-state index contributed by atoms with van der Waals surface area (Å²) in [5, 5.41) is 7.72. The third-order valence-electron chi connectivity index (χ3n) is 5.42. The summed E-state index contributed by atoms with van der Waals surface area (Å²) in [6, 6.07) is 8.18. The summed E-state index contributed by atoms with van der Waals surface area (Å²) in [7, 11) is 0. The van der Waals surface area contributed by atoms with Gasteiger partial charge in [-0.05, 0) is 38.0 Å². The topological polar surface area (TPSA) is 82.3 Å². The van der Waals surface area contributed by atoms with Crippen molar-refractivity contribution < 1.29 is 14.0 Å². The van der Waals surface area contributed by atoms with Gasteiger partial charge in [-0.25, -0.2) is 4.98 Å². The standard InChI is InChI=1S/C24H28N4O3/c1-4-22-21(24(28-31-22)19-6-5-16(2)25-14-19)15-30-23-8-7-18(13-26-23)17(3)27-20-9-11-29-12-10-20/h5-8,13-14,20,27H,3-4,9-12,15H2,1-2H3. The van der Waals surface area contributed by atoms with Crippen molar-refractivity contribution in [2.45, 2.75) is 45.8 Å². The second-order valence-corrected chi connectivity index (χ2v) is 7.66. The second kappa shape index (κ2) is 9.75. The molecule has 0 saturated carbocycles. The molecule has 0 bridgehead atoms. The molecule has 0 aromatic carbocycles. The van der Waals surface area contributed by atoms with E-state index in [-0.39, 0.29) is 0 Å². The number of aromatic nitrogens is 3. The van der Waals surface area contributed by atoms with E-state index in [9.17, 15) is 0 Å². The molecule has 3 aromatic rings. The molecule has 0 unspecified atom stereocenters. The molecule has 7 heteroatoms. The quantitative estimate of drug-likeness (QED) is 0.581. The summed E-state index contributed by atoms with van der Waals surface area (Å²) >= 11 is 0. The van der Waals surface area contributed by atoms with Crippen molar-refractivity contribution in [1.82, 2.24) is 20.4 Å². The fourth-order valence-corrected chi connectivity index (χ4v) is 3.57. The second-order valence-electron chi connectivity index (χ2n) is 7.66. The van der Waals surface area contributed by atoms with Gasteiger partial charge >= 0.3 is 0 Å². The van der Waals surface area contributed by atoms with Crippen LogP contribution < -0.4 is 10.1 Å². The first-order valence-corrected chi connectivity index (χ1v) is 10.7. The molecule has 0 amide bonds. The lowest BCUT2D eigenvalue weighted by Gasteiger charge is -2.25. The molecule has 4 rings (SSSR count). The van der Waals surface area contributed by atoms with Gasteiger partial charge in [0.15, 0.2) is 0 Å². The summed E-state index contributed by atoms with van der Waals surface area (Å²) in [4.78, 5) is 8.81. The van der Waals surface area contributed by atoms with E-state index in [2.05, 4.69) is 27.0 Å². The summed E-state index contributed by atoms with van der Waals surface area (Å²) in [5.41, 5.74) is 5.36. The fourth-order valence-electron chi connectivity index (χ4n) is 3.57. The zero-order valence-corrected chi connectivity index (χ0v) is 18.1. The van der Waals surface area contributed by atoms with Gasteiger partial charge < -0.3 is 19.3 Å². The highest BCUT2D eigenvalue weighted by molar-refractivity contribution is 5.63. The third kappa shape index (κ3) is 5.11. The van der Waals surface area contributed by atoms with E-state index < -0.39 is 0 Å². The summed E-state index contributed by atoms with van der Waals surface area (Å²) in [5.74, 6) is 1.35. The predicted molar refractivity (Wildman–Crippen MR) is 118 cm³/mol. The van der Waals surface area contributed by atoms with E-state index >= 15 is 0 Å². The van der Waals surface area contributed by atoms with Crippen molar-refractivity contribution in [2.75, 3.05) is 13.2 Å². The van der Waals surface area contributed by atoms with Crippen molar-refractivity contribution in [3.05, 3.63) is 65.8 Å². The Morgan fingerprint density at radius 2 is 2.00 bits per heavy atom. The maximum Gasteiger partial charge on any atom is 0.213 e. The number of nitrogens with zero attached hydrogens (tertiary/aromatic N) is 3. The SMILES string of the molecule is C=C(NC1CCOCC1)c1ccc(OCc2c(-c3ccc(C)nc3)noc2CC)nc1. The molecule has 0 atom stereocenters. The normalized spacial score (nSPS) is 14.4. The molecule has 162 valence electrons. The molecule has 1 fully saturated rings. The van der Waals surface area contributed by atoms with Crippen LogP contribution in [0.3, 0.4) is 0 Å². The highest BCUT2D eigenvalue weighted by Gasteiger charge is 2.18. The van der Waals surface area contributed by atoms with E-state index in [1.54, 1.807) is 12.4 Å². The zero-order chi connectivity index (χ0) is 21.6. The minimum Gasteiger partial charge on any atom is -0.473 e. The molecule has 1 aliphatic rings. The van der Waals surface area contributed by atoms with Crippen LogP contribution in [0.15, 0.2) is 47.8 Å². The highest BCUT2D eigenvalue weighted by atomic mass is 16.5. The number of nitrogens with one attached hydrogen (secondary N) is 1. The monoisotopic (exact) mass is 420 g/mol. The molecule has 0 radical (unpaired) electrons. The van der Waals surface area contributed by atoms with Gasteiger partial charge in [-0.2, -0.15) is 0 Å². The molecule has 31 heavy (non-hydrogen) atoms. The van der Waals surface area contributed by atoms with Gasteiger partial charge in [0, 0.05) is 66.7 Å². The van der Waals surface area contributed by atoms with Gasteiger partial charge in [0.25, 0.3) is 0 Å². The Morgan fingerprint density at radius 1 is 1.16 bits per heavy atom. The van der Waals surface area contributed by atoms with Crippen LogP contribution in [0.2, 0.25) is 0 Å². The average molecular weight is 421 g/mol. The number of rotatable bonds is 8.